The van der Waals surface area contributed by atoms with Crippen molar-refractivity contribution in [1.82, 2.24) is 0 Å². The molecule has 1 heteroatoms. The molecule has 0 radical (unpaired) electrons. The number of hydrogen-bond acceptors (Lipinski definition) is 1. The summed E-state index contributed by atoms with van der Waals surface area (Å²) in [4.78, 5) is 0. The highest BCUT2D eigenvalue weighted by Gasteiger charge is 1.90. The van der Waals surface area contributed by atoms with Crippen molar-refractivity contribution < 1.29 is 5.11 Å². The topological polar surface area (TPSA) is 20.2 Å². The molecule has 0 aliphatic heterocycles. The maximum atomic E-state index is 8.58. The second-order valence-corrected chi connectivity index (χ2v) is 3.73. The highest BCUT2D eigenvalue weighted by atomic mass is 16.2. The Bertz CT molecular complexity index is 152. The van der Waals surface area contributed by atoms with Crippen LogP contribution in [0.3, 0.4) is 0 Å². The third-order valence-electron chi connectivity index (χ3n) is 2.39. The molecule has 0 saturated heterocycles. The summed E-state index contributed by atoms with van der Waals surface area (Å²) in [5, 5.41) is 8.58. The van der Waals surface area contributed by atoms with Crippen molar-refractivity contribution >= 4 is 0 Å². The van der Waals surface area contributed by atoms with Crippen LogP contribution in [0.2, 0.25) is 0 Å². The zero-order valence-corrected chi connectivity index (χ0v) is 9.52. The second kappa shape index (κ2) is 12.5. The predicted molar refractivity (Wildman–Crippen MR) is 62.1 cm³/mol. The van der Waals surface area contributed by atoms with E-state index >= 15 is 0 Å². The minimum Gasteiger partial charge on any atom is -0.396 e. The third kappa shape index (κ3) is 11.5. The molecule has 82 valence electrons. The molecule has 0 fully saturated rings. The Morgan fingerprint density at radius 2 is 1.29 bits per heavy atom. The zero-order valence-electron chi connectivity index (χ0n) is 9.52. The second-order valence-electron chi connectivity index (χ2n) is 3.73. The summed E-state index contributed by atoms with van der Waals surface area (Å²) in [7, 11) is 0. The van der Waals surface area contributed by atoms with Gasteiger partial charge in [0.25, 0.3) is 0 Å². The summed E-state index contributed by atoms with van der Waals surface area (Å²) in [6.07, 6.45) is 11.2. The molecule has 0 aromatic heterocycles. The quantitative estimate of drug-likeness (QED) is 0.442. The fraction of sp³-hybridized carbons (Fsp3) is 0.846. The number of rotatable bonds is 9. The summed E-state index contributed by atoms with van der Waals surface area (Å²) in [5.41, 5.74) is 0. The first-order chi connectivity index (χ1) is 6.91. The molecule has 0 rings (SSSR count). The Balaban J connectivity index is 2.87. The van der Waals surface area contributed by atoms with Crippen molar-refractivity contribution in [2.24, 2.45) is 0 Å². The molecule has 0 bridgehead atoms. The van der Waals surface area contributed by atoms with E-state index in [-0.39, 0.29) is 0 Å². The summed E-state index contributed by atoms with van der Waals surface area (Å²) >= 11 is 0. The van der Waals surface area contributed by atoms with Crippen molar-refractivity contribution in [3.63, 3.8) is 0 Å². The van der Waals surface area contributed by atoms with E-state index in [0.29, 0.717) is 6.61 Å². The first-order valence-corrected chi connectivity index (χ1v) is 5.92. The van der Waals surface area contributed by atoms with Crippen LogP contribution in [0.25, 0.3) is 0 Å². The lowest BCUT2D eigenvalue weighted by atomic mass is 10.1. The van der Waals surface area contributed by atoms with E-state index in [1.165, 1.54) is 44.9 Å². The lowest BCUT2D eigenvalue weighted by Crippen LogP contribution is -1.84. The average molecular weight is 196 g/mol. The van der Waals surface area contributed by atoms with Crippen LogP contribution in [-0.4, -0.2) is 11.7 Å². The van der Waals surface area contributed by atoms with Crippen molar-refractivity contribution in [3.8, 4) is 11.8 Å². The van der Waals surface area contributed by atoms with E-state index in [0.717, 1.165) is 12.8 Å². The van der Waals surface area contributed by atoms with Gasteiger partial charge in [0.2, 0.25) is 0 Å². The van der Waals surface area contributed by atoms with Gasteiger partial charge in [-0.1, -0.05) is 38.5 Å². The van der Waals surface area contributed by atoms with E-state index in [2.05, 4.69) is 11.8 Å². The summed E-state index contributed by atoms with van der Waals surface area (Å²) in [6, 6.07) is 0. The Hall–Kier alpha value is -0.480. The van der Waals surface area contributed by atoms with Gasteiger partial charge in [0, 0.05) is 13.0 Å². The van der Waals surface area contributed by atoms with Gasteiger partial charge in [0.1, 0.15) is 0 Å². The van der Waals surface area contributed by atoms with E-state index in [9.17, 15) is 0 Å². The van der Waals surface area contributed by atoms with Crippen LogP contribution >= 0.6 is 0 Å². The van der Waals surface area contributed by atoms with Gasteiger partial charge in [-0.15, -0.1) is 11.8 Å². The highest BCUT2D eigenvalue weighted by molar-refractivity contribution is 4.94. The molecule has 0 saturated carbocycles. The lowest BCUT2D eigenvalue weighted by Gasteiger charge is -1.99. The Morgan fingerprint density at radius 1 is 0.786 bits per heavy atom. The van der Waals surface area contributed by atoms with Gasteiger partial charge in [-0.05, 0) is 19.8 Å². The fourth-order valence-electron chi connectivity index (χ4n) is 1.51. The molecule has 0 spiro atoms. The maximum Gasteiger partial charge on any atom is 0.0431 e. The lowest BCUT2D eigenvalue weighted by molar-refractivity contribution is 0.282. The molecule has 0 aromatic rings. The average Bonchev–Trinajstić information content (AvgIpc) is 2.21. The molecular weight excluding hydrogens is 172 g/mol. The highest BCUT2D eigenvalue weighted by Crippen LogP contribution is 2.09. The van der Waals surface area contributed by atoms with Gasteiger partial charge in [-0.2, -0.15) is 0 Å². The molecule has 0 aromatic carbocycles. The van der Waals surface area contributed by atoms with Crippen LogP contribution in [0.4, 0.5) is 0 Å². The molecule has 1 N–H and O–H groups in total. The normalized spacial score (nSPS) is 9.57. The summed E-state index contributed by atoms with van der Waals surface area (Å²) < 4.78 is 0. The monoisotopic (exact) mass is 196 g/mol. The van der Waals surface area contributed by atoms with Crippen LogP contribution < -0.4 is 0 Å². The standard InChI is InChI=1S/C13H24O/c1-2-3-4-5-6-7-8-9-10-11-12-13-14/h14H,4-13H2,1H3. The molecule has 1 nitrogen and oxygen atoms in total. The first-order valence-electron chi connectivity index (χ1n) is 5.92. The summed E-state index contributed by atoms with van der Waals surface area (Å²) in [5.74, 6) is 6.01. The van der Waals surface area contributed by atoms with Gasteiger partial charge in [0.15, 0.2) is 0 Å². The van der Waals surface area contributed by atoms with Crippen LogP contribution in [0.15, 0.2) is 0 Å². The molecule has 0 heterocycles. The summed E-state index contributed by atoms with van der Waals surface area (Å²) in [6.45, 7) is 2.26. The smallest absolute Gasteiger partial charge is 0.0431 e. The first kappa shape index (κ1) is 13.5. The molecule has 14 heavy (non-hydrogen) atoms. The van der Waals surface area contributed by atoms with Crippen molar-refractivity contribution in [2.75, 3.05) is 6.61 Å². The van der Waals surface area contributed by atoms with Crippen LogP contribution in [0.1, 0.15) is 64.7 Å². The molecular formula is C13H24O. The fourth-order valence-corrected chi connectivity index (χ4v) is 1.51. The number of aliphatic hydroxyl groups excluding tert-OH is 1. The molecule has 0 aliphatic rings. The van der Waals surface area contributed by atoms with Gasteiger partial charge < -0.3 is 5.11 Å². The third-order valence-corrected chi connectivity index (χ3v) is 2.39. The van der Waals surface area contributed by atoms with E-state index in [1.54, 1.807) is 0 Å². The van der Waals surface area contributed by atoms with E-state index in [4.69, 9.17) is 5.11 Å². The van der Waals surface area contributed by atoms with Crippen LogP contribution in [-0.2, 0) is 0 Å². The predicted octanol–water partition coefficient (Wildman–Crippen LogP) is 3.51. The van der Waals surface area contributed by atoms with Crippen LogP contribution in [0.5, 0.6) is 0 Å². The SMILES string of the molecule is CC#CCCCCCCCCCCO. The minimum absolute atomic E-state index is 0.357. The van der Waals surface area contributed by atoms with Crippen LogP contribution in [0, 0.1) is 11.8 Å². The van der Waals surface area contributed by atoms with E-state index in [1.807, 2.05) is 6.92 Å². The Labute approximate surface area is 88.9 Å². The Morgan fingerprint density at radius 3 is 1.79 bits per heavy atom. The number of unbranched alkanes of at least 4 members (excludes halogenated alkanes) is 8. The molecule has 0 aliphatic carbocycles. The van der Waals surface area contributed by atoms with Gasteiger partial charge in [0.05, 0.1) is 0 Å². The number of hydrogen-bond donors (Lipinski definition) is 1. The van der Waals surface area contributed by atoms with Gasteiger partial charge in [-0.3, -0.25) is 0 Å². The minimum atomic E-state index is 0.357. The van der Waals surface area contributed by atoms with Gasteiger partial charge >= 0.3 is 0 Å². The largest absolute Gasteiger partial charge is 0.396 e. The van der Waals surface area contributed by atoms with Crippen molar-refractivity contribution in [1.29, 1.82) is 0 Å². The van der Waals surface area contributed by atoms with E-state index < -0.39 is 0 Å². The molecule has 0 amide bonds. The molecule has 0 atom stereocenters. The zero-order chi connectivity index (χ0) is 10.5. The van der Waals surface area contributed by atoms with Crippen molar-refractivity contribution in [3.05, 3.63) is 0 Å². The number of aliphatic hydroxyl groups is 1. The molecule has 0 unspecified atom stereocenters. The Kier molecular flexibility index (Phi) is 12.1. The van der Waals surface area contributed by atoms with Gasteiger partial charge in [-0.25, -0.2) is 0 Å². The van der Waals surface area contributed by atoms with Crippen molar-refractivity contribution in [2.45, 2.75) is 64.7 Å². The maximum absolute atomic E-state index is 8.58.